The van der Waals surface area contributed by atoms with Gasteiger partial charge in [0.05, 0.1) is 7.11 Å². The number of carbonyl (C=O) groups is 2. The van der Waals surface area contributed by atoms with Crippen molar-refractivity contribution in [2.24, 2.45) is 10.8 Å². The molecule has 5 heteroatoms. The van der Waals surface area contributed by atoms with Crippen LogP contribution < -0.4 is 9.47 Å². The van der Waals surface area contributed by atoms with Crippen LogP contribution in [0.25, 0.3) is 0 Å². The molecule has 40 heavy (non-hydrogen) atoms. The number of ether oxygens (including phenoxy) is 2. The molecule has 3 aliphatic rings. The summed E-state index contributed by atoms with van der Waals surface area (Å²) in [5.41, 5.74) is 5.55. The van der Waals surface area contributed by atoms with Crippen LogP contribution in [0.2, 0.25) is 0 Å². The second kappa shape index (κ2) is 10.8. The number of Topliss-reactive ketones (excluding diaryl/α,β-unsaturated/α-hetero) is 2. The Labute approximate surface area is 238 Å². The van der Waals surface area contributed by atoms with Gasteiger partial charge in [0.25, 0.3) is 0 Å². The van der Waals surface area contributed by atoms with Crippen molar-refractivity contribution in [1.29, 1.82) is 0 Å². The van der Waals surface area contributed by atoms with Crippen LogP contribution in [-0.2, 0) is 16.0 Å². The van der Waals surface area contributed by atoms with Crippen LogP contribution in [0.1, 0.15) is 70.4 Å². The first-order valence-electron chi connectivity index (χ1n) is 14.3. The highest BCUT2D eigenvalue weighted by molar-refractivity contribution is 6.06. The Hall–Kier alpha value is -3.60. The second-order valence-electron chi connectivity index (χ2n) is 12.9. The average molecular weight is 540 g/mol. The van der Waals surface area contributed by atoms with Crippen LogP contribution in [0.4, 0.5) is 0 Å². The molecule has 5 nitrogen and oxygen atoms in total. The zero-order valence-corrected chi connectivity index (χ0v) is 24.5. The summed E-state index contributed by atoms with van der Waals surface area (Å²) in [5, 5.41) is 0. The van der Waals surface area contributed by atoms with Crippen molar-refractivity contribution in [1.82, 2.24) is 4.90 Å². The maximum atomic E-state index is 14.0. The van der Waals surface area contributed by atoms with Crippen molar-refractivity contribution in [2.75, 3.05) is 20.3 Å². The third-order valence-corrected chi connectivity index (χ3v) is 8.37. The summed E-state index contributed by atoms with van der Waals surface area (Å²) in [6.07, 6.45) is 5.05. The van der Waals surface area contributed by atoms with Crippen LogP contribution >= 0.6 is 0 Å². The molecule has 0 spiro atoms. The van der Waals surface area contributed by atoms with Crippen LogP contribution in [-0.4, -0.2) is 36.7 Å². The van der Waals surface area contributed by atoms with Gasteiger partial charge >= 0.3 is 0 Å². The normalized spacial score (nSPS) is 20.3. The van der Waals surface area contributed by atoms with Gasteiger partial charge in [0.15, 0.2) is 23.1 Å². The van der Waals surface area contributed by atoms with E-state index in [0.717, 1.165) is 53.9 Å². The number of hydrogen-bond donors (Lipinski definition) is 0. The first-order valence-corrected chi connectivity index (χ1v) is 14.3. The summed E-state index contributed by atoms with van der Waals surface area (Å²) in [4.78, 5) is 30.4. The topological polar surface area (TPSA) is 55.8 Å². The zero-order valence-electron chi connectivity index (χ0n) is 24.5. The van der Waals surface area contributed by atoms with Crippen molar-refractivity contribution < 1.29 is 19.1 Å². The fourth-order valence-electron chi connectivity index (χ4n) is 6.67. The maximum Gasteiger partial charge on any atom is 0.162 e. The lowest BCUT2D eigenvalue weighted by molar-refractivity contribution is -0.119. The van der Waals surface area contributed by atoms with Crippen LogP contribution in [0.5, 0.6) is 11.5 Å². The highest BCUT2D eigenvalue weighted by atomic mass is 16.5. The molecule has 0 atom stereocenters. The number of hydrogen-bond acceptors (Lipinski definition) is 5. The minimum atomic E-state index is -0.410. The summed E-state index contributed by atoms with van der Waals surface area (Å²) in [6, 6.07) is 16.3. The molecular weight excluding hydrogens is 498 g/mol. The lowest BCUT2D eigenvalue weighted by Crippen LogP contribution is -2.45. The minimum Gasteiger partial charge on any atom is -0.493 e. The van der Waals surface area contributed by atoms with E-state index in [-0.39, 0.29) is 22.4 Å². The Morgan fingerprint density at radius 1 is 0.875 bits per heavy atom. The molecule has 210 valence electrons. The third kappa shape index (κ3) is 5.39. The molecule has 0 aromatic heterocycles. The predicted octanol–water partition coefficient (Wildman–Crippen LogP) is 7.19. The Kier molecular flexibility index (Phi) is 7.52. The Bertz CT molecular complexity index is 1340. The van der Waals surface area contributed by atoms with E-state index in [9.17, 15) is 9.59 Å². The van der Waals surface area contributed by atoms with E-state index in [1.807, 2.05) is 24.3 Å². The molecule has 2 aromatic carbocycles. The quantitative estimate of drug-likeness (QED) is 0.332. The van der Waals surface area contributed by atoms with Gasteiger partial charge < -0.3 is 14.4 Å². The van der Waals surface area contributed by atoms with Gasteiger partial charge in [-0.25, -0.2) is 0 Å². The molecule has 1 heterocycles. The number of carbonyl (C=O) groups excluding carboxylic acids is 2. The molecule has 5 rings (SSSR count). The number of methoxy groups -OCH3 is 1. The molecule has 0 saturated carbocycles. The Balaban J connectivity index is 1.69. The molecule has 0 radical (unpaired) electrons. The lowest BCUT2D eigenvalue weighted by Gasteiger charge is -2.49. The molecule has 0 fully saturated rings. The summed E-state index contributed by atoms with van der Waals surface area (Å²) < 4.78 is 11.5. The Morgan fingerprint density at radius 2 is 1.48 bits per heavy atom. The van der Waals surface area contributed by atoms with E-state index >= 15 is 0 Å². The molecular formula is C35H41NO4. The fourth-order valence-corrected chi connectivity index (χ4v) is 6.67. The highest BCUT2D eigenvalue weighted by Crippen LogP contribution is 2.55. The van der Waals surface area contributed by atoms with E-state index < -0.39 is 5.92 Å². The average Bonchev–Trinajstić information content (AvgIpc) is 2.89. The summed E-state index contributed by atoms with van der Waals surface area (Å²) in [7, 11) is 1.62. The number of benzene rings is 2. The van der Waals surface area contributed by atoms with E-state index in [2.05, 4.69) is 63.4 Å². The van der Waals surface area contributed by atoms with Crippen LogP contribution in [0.3, 0.4) is 0 Å². The largest absolute Gasteiger partial charge is 0.493 e. The van der Waals surface area contributed by atoms with Crippen molar-refractivity contribution >= 4 is 11.6 Å². The van der Waals surface area contributed by atoms with E-state index in [4.69, 9.17) is 9.47 Å². The van der Waals surface area contributed by atoms with Gasteiger partial charge in [-0.1, -0.05) is 76.7 Å². The molecule has 0 N–H and O–H groups in total. The second-order valence-corrected chi connectivity index (χ2v) is 12.9. The smallest absolute Gasteiger partial charge is 0.162 e. The van der Waals surface area contributed by atoms with Crippen molar-refractivity contribution in [3.8, 4) is 11.5 Å². The first-order chi connectivity index (χ1) is 19.0. The molecule has 1 aliphatic heterocycles. The molecule has 2 aromatic rings. The van der Waals surface area contributed by atoms with Crippen molar-refractivity contribution in [2.45, 2.75) is 65.7 Å². The van der Waals surface area contributed by atoms with Crippen LogP contribution in [0, 0.1) is 10.8 Å². The monoisotopic (exact) mass is 539 g/mol. The summed E-state index contributed by atoms with van der Waals surface area (Å²) >= 11 is 0. The number of allylic oxidation sites excluding steroid dienone is 4. The van der Waals surface area contributed by atoms with Gasteiger partial charge in [-0.15, -0.1) is 0 Å². The standard InChI is InChI=1S/C35H41NO4/c1-7-17-40-29-14-13-24(18-30(29)39-6)31-32-25(19-34(2,3)21-27(32)37)36(16-15-23-11-9-8-10-12-23)26-20-35(4,5)22-28(38)33(26)31/h7-14,18,31H,1,15-17,19-22H2,2-6H3. The molecule has 0 bridgehead atoms. The number of nitrogens with zero attached hydrogens (tertiary/aromatic N) is 1. The molecule has 0 amide bonds. The van der Waals surface area contributed by atoms with Crippen molar-refractivity contribution in [3.63, 3.8) is 0 Å². The summed E-state index contributed by atoms with van der Waals surface area (Å²) in [6.45, 7) is 13.5. The van der Waals surface area contributed by atoms with Gasteiger partial charge in [-0.2, -0.15) is 0 Å². The Morgan fingerprint density at radius 3 is 2.02 bits per heavy atom. The molecule has 0 unspecified atom stereocenters. The number of ketones is 2. The summed E-state index contributed by atoms with van der Waals surface area (Å²) in [5.74, 6) is 1.06. The minimum absolute atomic E-state index is 0.135. The fraction of sp³-hybridized carbons (Fsp3) is 0.429. The van der Waals surface area contributed by atoms with E-state index in [1.165, 1.54) is 5.56 Å². The highest BCUT2D eigenvalue weighted by Gasteiger charge is 2.49. The molecule has 0 saturated heterocycles. The third-order valence-electron chi connectivity index (χ3n) is 8.37. The van der Waals surface area contributed by atoms with Gasteiger partial charge in [0.2, 0.25) is 0 Å². The van der Waals surface area contributed by atoms with Crippen molar-refractivity contribution in [3.05, 3.63) is 94.9 Å². The van der Waals surface area contributed by atoms with E-state index in [0.29, 0.717) is 30.9 Å². The van der Waals surface area contributed by atoms with Gasteiger partial charge in [0, 0.05) is 47.8 Å². The molecule has 2 aliphatic carbocycles. The lowest BCUT2D eigenvalue weighted by atomic mass is 9.63. The van der Waals surface area contributed by atoms with E-state index in [1.54, 1.807) is 13.2 Å². The zero-order chi connectivity index (χ0) is 28.7. The van der Waals surface area contributed by atoms with Gasteiger partial charge in [0.1, 0.15) is 6.61 Å². The maximum absolute atomic E-state index is 14.0. The predicted molar refractivity (Wildman–Crippen MR) is 158 cm³/mol. The first kappa shape index (κ1) is 27.9. The van der Waals surface area contributed by atoms with Gasteiger partial charge in [-0.05, 0) is 53.4 Å². The van der Waals surface area contributed by atoms with Crippen LogP contribution in [0.15, 0.2) is 83.7 Å². The van der Waals surface area contributed by atoms with Gasteiger partial charge in [-0.3, -0.25) is 9.59 Å². The number of rotatable bonds is 8. The SMILES string of the molecule is C=CCOc1ccc(C2C3=C(CC(C)(C)CC3=O)N(CCc3ccccc3)C3=C2C(=O)CC(C)(C)C3)cc1OC.